The zero-order valence-electron chi connectivity index (χ0n) is 17.6. The fourth-order valence-corrected chi connectivity index (χ4v) is 3.69. The van der Waals surface area contributed by atoms with Gasteiger partial charge in [-0.3, -0.25) is 9.67 Å². The van der Waals surface area contributed by atoms with Crippen LogP contribution in [-0.4, -0.2) is 63.0 Å². The summed E-state index contributed by atoms with van der Waals surface area (Å²) in [5.74, 6) is 0.958. The number of hydrogen-bond acceptors (Lipinski definition) is 4. The number of nitrogens with one attached hydrogen (secondary N) is 1. The van der Waals surface area contributed by atoms with E-state index in [1.807, 2.05) is 42.6 Å². The molecule has 1 N–H and O–H groups in total. The summed E-state index contributed by atoms with van der Waals surface area (Å²) in [5.41, 5.74) is 3.33. The van der Waals surface area contributed by atoms with Crippen LogP contribution < -0.4 is 5.32 Å². The van der Waals surface area contributed by atoms with Crippen LogP contribution in [-0.2, 0) is 18.3 Å². The Morgan fingerprint density at radius 1 is 1.33 bits per heavy atom. The fourth-order valence-electron chi connectivity index (χ4n) is 3.69. The Labute approximate surface area is 194 Å². The van der Waals surface area contributed by atoms with Gasteiger partial charge in [-0.1, -0.05) is 12.1 Å². The molecule has 0 bridgehead atoms. The molecular weight excluding hydrogens is 493 g/mol. The van der Waals surface area contributed by atoms with Crippen molar-refractivity contribution < 1.29 is 4.74 Å². The lowest BCUT2D eigenvalue weighted by atomic mass is 10.1. The van der Waals surface area contributed by atoms with Gasteiger partial charge in [0.1, 0.15) is 6.10 Å². The quantitative estimate of drug-likeness (QED) is 0.233. The average molecular weight is 523 g/mol. The third-order valence-corrected chi connectivity index (χ3v) is 5.14. The molecule has 3 aromatic rings. The Balaban J connectivity index is 0.00000256. The van der Waals surface area contributed by atoms with E-state index in [0.29, 0.717) is 6.61 Å². The molecule has 0 spiro atoms. The van der Waals surface area contributed by atoms with Gasteiger partial charge in [0.05, 0.1) is 36.7 Å². The smallest absolute Gasteiger partial charge is 0.194 e. The first-order chi connectivity index (χ1) is 14.2. The van der Waals surface area contributed by atoms with Crippen LogP contribution in [0.1, 0.15) is 25.0 Å². The van der Waals surface area contributed by atoms with Crippen LogP contribution >= 0.6 is 24.0 Å². The second kappa shape index (κ2) is 10.8. The number of para-hydroxylation sites is 2. The topological polar surface area (TPSA) is 72.5 Å². The lowest BCUT2D eigenvalue weighted by molar-refractivity contribution is -0.00804. The fraction of sp³-hybridized carbons (Fsp3) is 0.476. The number of aryl methyl sites for hydroxylation is 2. The van der Waals surface area contributed by atoms with Crippen molar-refractivity contribution in [2.24, 2.45) is 12.0 Å². The summed E-state index contributed by atoms with van der Waals surface area (Å²) < 4.78 is 9.98. The normalized spacial score (nSPS) is 17.2. The average Bonchev–Trinajstić information content (AvgIpc) is 3.37. The molecule has 1 fully saturated rings. The van der Waals surface area contributed by atoms with Gasteiger partial charge in [-0.2, -0.15) is 5.10 Å². The Morgan fingerprint density at radius 2 is 2.20 bits per heavy atom. The number of halogens is 1. The summed E-state index contributed by atoms with van der Waals surface area (Å²) in [6.07, 6.45) is 6.81. The molecule has 0 saturated carbocycles. The number of fused-ring (bicyclic) bond motifs is 1. The number of aromatic nitrogens is 4. The van der Waals surface area contributed by atoms with E-state index in [9.17, 15) is 0 Å². The maximum Gasteiger partial charge on any atom is 0.194 e. The molecule has 1 saturated heterocycles. The maximum atomic E-state index is 5.96. The van der Waals surface area contributed by atoms with Gasteiger partial charge in [0.2, 0.25) is 0 Å². The van der Waals surface area contributed by atoms with Gasteiger partial charge in [0.15, 0.2) is 5.96 Å². The molecule has 1 aromatic carbocycles. The van der Waals surface area contributed by atoms with E-state index in [2.05, 4.69) is 43.9 Å². The zero-order valence-corrected chi connectivity index (χ0v) is 19.9. The molecular formula is C21H30IN7O. The van der Waals surface area contributed by atoms with E-state index < -0.39 is 0 Å². The first-order valence-corrected chi connectivity index (χ1v) is 10.3. The molecule has 30 heavy (non-hydrogen) atoms. The van der Waals surface area contributed by atoms with Crippen molar-refractivity contribution in [3.05, 3.63) is 48.5 Å². The highest BCUT2D eigenvalue weighted by Gasteiger charge is 2.25. The molecule has 1 atom stereocenters. The van der Waals surface area contributed by atoms with Crippen LogP contribution in [0.4, 0.5) is 0 Å². The number of imidazole rings is 1. The van der Waals surface area contributed by atoms with Crippen molar-refractivity contribution >= 4 is 41.0 Å². The van der Waals surface area contributed by atoms with Gasteiger partial charge in [-0.15, -0.1) is 24.0 Å². The van der Waals surface area contributed by atoms with Crippen molar-refractivity contribution in [2.45, 2.75) is 26.0 Å². The number of aliphatic imine (C=N–C) groups is 1. The Hall–Kier alpha value is -2.14. The minimum Gasteiger partial charge on any atom is -0.370 e. The largest absolute Gasteiger partial charge is 0.370 e. The number of guanidine groups is 1. The Bertz CT molecular complexity index is 967. The van der Waals surface area contributed by atoms with Crippen molar-refractivity contribution in [1.82, 2.24) is 29.5 Å². The molecule has 4 rings (SSSR count). The van der Waals surface area contributed by atoms with Crippen LogP contribution in [0.5, 0.6) is 0 Å². The minimum atomic E-state index is 0. The van der Waals surface area contributed by atoms with Crippen molar-refractivity contribution in [2.75, 3.05) is 32.8 Å². The van der Waals surface area contributed by atoms with Gasteiger partial charge >= 0.3 is 0 Å². The molecule has 2 aromatic heterocycles. The molecule has 8 nitrogen and oxygen atoms in total. The SMILES string of the molecule is CCNC(=NCCCn1cnc2ccccc21)N1CCOC(c2cnn(C)c2)C1.I. The third kappa shape index (κ3) is 5.31. The number of ether oxygens (including phenoxy) is 1. The van der Waals surface area contributed by atoms with E-state index in [4.69, 9.17) is 9.73 Å². The molecule has 0 amide bonds. The summed E-state index contributed by atoms with van der Waals surface area (Å²) >= 11 is 0. The lowest BCUT2D eigenvalue weighted by Crippen LogP contribution is -2.48. The third-order valence-electron chi connectivity index (χ3n) is 5.14. The number of benzene rings is 1. The standard InChI is InChI=1S/C21H29N7O.HI/c1-3-22-21(27-11-12-29-20(15-27)17-13-25-26(2)14-17)23-9-6-10-28-16-24-18-7-4-5-8-19(18)28;/h4-5,7-8,13-14,16,20H,3,6,9-12,15H2,1-2H3,(H,22,23);1H. The summed E-state index contributed by atoms with van der Waals surface area (Å²) in [6, 6.07) is 8.24. The van der Waals surface area contributed by atoms with Gasteiger partial charge in [0, 0.05) is 45.0 Å². The number of rotatable bonds is 6. The lowest BCUT2D eigenvalue weighted by Gasteiger charge is -2.34. The summed E-state index contributed by atoms with van der Waals surface area (Å²) in [7, 11) is 1.93. The Morgan fingerprint density at radius 3 is 3.00 bits per heavy atom. The minimum absolute atomic E-state index is 0. The van der Waals surface area contributed by atoms with E-state index in [1.165, 1.54) is 5.52 Å². The van der Waals surface area contributed by atoms with Crippen molar-refractivity contribution in [3.8, 4) is 0 Å². The van der Waals surface area contributed by atoms with Gasteiger partial charge in [-0.05, 0) is 25.5 Å². The molecule has 3 heterocycles. The molecule has 1 aliphatic heterocycles. The second-order valence-electron chi connectivity index (χ2n) is 7.27. The van der Waals surface area contributed by atoms with Crippen LogP contribution in [0.2, 0.25) is 0 Å². The monoisotopic (exact) mass is 523 g/mol. The highest BCUT2D eigenvalue weighted by Crippen LogP contribution is 2.21. The molecule has 0 aliphatic carbocycles. The van der Waals surface area contributed by atoms with E-state index in [0.717, 1.165) is 56.2 Å². The second-order valence-corrected chi connectivity index (χ2v) is 7.27. The van der Waals surface area contributed by atoms with Crippen LogP contribution in [0.15, 0.2) is 48.0 Å². The first kappa shape index (κ1) is 22.5. The first-order valence-electron chi connectivity index (χ1n) is 10.3. The van der Waals surface area contributed by atoms with E-state index in [-0.39, 0.29) is 30.1 Å². The maximum absolute atomic E-state index is 5.96. The van der Waals surface area contributed by atoms with E-state index in [1.54, 1.807) is 0 Å². The zero-order chi connectivity index (χ0) is 20.1. The predicted octanol–water partition coefficient (Wildman–Crippen LogP) is 2.82. The van der Waals surface area contributed by atoms with Crippen molar-refractivity contribution in [1.29, 1.82) is 0 Å². The highest BCUT2D eigenvalue weighted by atomic mass is 127. The number of morpholine rings is 1. The highest BCUT2D eigenvalue weighted by molar-refractivity contribution is 14.0. The summed E-state index contributed by atoms with van der Waals surface area (Å²) in [6.45, 7) is 6.93. The van der Waals surface area contributed by atoms with Crippen LogP contribution in [0.25, 0.3) is 11.0 Å². The predicted molar refractivity (Wildman–Crippen MR) is 129 cm³/mol. The van der Waals surface area contributed by atoms with E-state index >= 15 is 0 Å². The Kier molecular flexibility index (Phi) is 8.08. The number of hydrogen-bond donors (Lipinski definition) is 1. The van der Waals surface area contributed by atoms with Crippen LogP contribution in [0.3, 0.4) is 0 Å². The van der Waals surface area contributed by atoms with Gasteiger partial charge in [0.25, 0.3) is 0 Å². The molecule has 1 unspecified atom stereocenters. The summed E-state index contributed by atoms with van der Waals surface area (Å²) in [4.78, 5) is 11.6. The number of nitrogens with zero attached hydrogens (tertiary/aromatic N) is 6. The van der Waals surface area contributed by atoms with Crippen molar-refractivity contribution in [3.63, 3.8) is 0 Å². The summed E-state index contributed by atoms with van der Waals surface area (Å²) in [5, 5.41) is 7.70. The van der Waals surface area contributed by atoms with Gasteiger partial charge < -0.3 is 19.5 Å². The van der Waals surface area contributed by atoms with Crippen LogP contribution in [0, 0.1) is 0 Å². The molecule has 1 aliphatic rings. The molecule has 9 heteroatoms. The van der Waals surface area contributed by atoms with Gasteiger partial charge in [-0.25, -0.2) is 4.98 Å². The molecule has 0 radical (unpaired) electrons. The molecule has 162 valence electrons.